The van der Waals surface area contributed by atoms with Gasteiger partial charge in [0.1, 0.15) is 23.9 Å². The molecule has 0 aromatic heterocycles. The summed E-state index contributed by atoms with van der Waals surface area (Å²) in [4.78, 5) is 64.5. The number of aromatic hydroxyl groups is 1. The number of amides is 4. The molecule has 0 spiro atoms. The first-order valence-electron chi connectivity index (χ1n) is 13.2. The lowest BCUT2D eigenvalue weighted by molar-refractivity contribution is -0.142. The Kier molecular flexibility index (Phi) is 12.3. The number of carboxylic acid groups (broad SMARTS) is 1. The Hall–Kier alpha value is -4.45. The second kappa shape index (κ2) is 15.4. The molecule has 0 heterocycles. The molecule has 41 heavy (non-hydrogen) atoms. The van der Waals surface area contributed by atoms with E-state index in [2.05, 4.69) is 16.0 Å². The van der Waals surface area contributed by atoms with Crippen LogP contribution in [0, 0.1) is 5.92 Å². The second-order valence-electron chi connectivity index (χ2n) is 10.3. The Morgan fingerprint density at radius 2 is 1.37 bits per heavy atom. The van der Waals surface area contributed by atoms with Crippen LogP contribution in [-0.4, -0.2) is 82.5 Å². The van der Waals surface area contributed by atoms with Gasteiger partial charge in [0.25, 0.3) is 0 Å². The standard InChI is InChI=1S/C29H39N5O7/c1-17(2)25(33-26(37)18(3)30)28(39)34(4)16-24(36)31-22(14-19-8-6-5-7-9-19)27(38)32-23(29(40)41)15-20-10-12-21(35)13-11-20/h5-13,17-18,22-23,25,35H,14-16,30H2,1-4H3,(H,31,36)(H,32,38)(H,33,37)(H,40,41)/t18-,22-,23-,25-/m0/s1. The van der Waals surface area contributed by atoms with Crippen molar-refractivity contribution < 1.29 is 34.2 Å². The number of nitrogens with one attached hydrogen (secondary N) is 3. The number of phenolic OH excluding ortho intramolecular Hbond substituents is 1. The molecule has 0 saturated heterocycles. The first-order chi connectivity index (χ1) is 19.3. The van der Waals surface area contributed by atoms with E-state index >= 15 is 0 Å². The third kappa shape index (κ3) is 10.6. The van der Waals surface area contributed by atoms with Crippen LogP contribution < -0.4 is 21.7 Å². The highest BCUT2D eigenvalue weighted by atomic mass is 16.4. The first kappa shape index (κ1) is 32.8. The molecule has 12 nitrogen and oxygen atoms in total. The lowest BCUT2D eigenvalue weighted by Crippen LogP contribution is -2.56. The van der Waals surface area contributed by atoms with Gasteiger partial charge in [-0.2, -0.15) is 0 Å². The van der Waals surface area contributed by atoms with E-state index in [1.165, 1.54) is 26.1 Å². The smallest absolute Gasteiger partial charge is 0.326 e. The average molecular weight is 570 g/mol. The number of nitrogens with two attached hydrogens (primary N) is 1. The molecular weight excluding hydrogens is 530 g/mol. The monoisotopic (exact) mass is 569 g/mol. The molecule has 0 radical (unpaired) electrons. The highest BCUT2D eigenvalue weighted by molar-refractivity contribution is 5.94. The van der Waals surface area contributed by atoms with Crippen LogP contribution in [0.2, 0.25) is 0 Å². The van der Waals surface area contributed by atoms with Crippen molar-refractivity contribution in [3.63, 3.8) is 0 Å². The predicted octanol–water partition coefficient (Wildman–Crippen LogP) is 0.178. The van der Waals surface area contributed by atoms with Gasteiger partial charge in [0, 0.05) is 19.9 Å². The van der Waals surface area contributed by atoms with Gasteiger partial charge in [0.05, 0.1) is 12.6 Å². The molecule has 4 atom stereocenters. The van der Waals surface area contributed by atoms with Gasteiger partial charge in [0.15, 0.2) is 0 Å². The molecule has 0 aliphatic heterocycles. The molecule has 0 aliphatic carbocycles. The Balaban J connectivity index is 2.16. The Bertz CT molecular complexity index is 1200. The quantitative estimate of drug-likeness (QED) is 0.186. The normalized spacial score (nSPS) is 13.8. The maximum Gasteiger partial charge on any atom is 0.326 e. The molecule has 2 aromatic carbocycles. The highest BCUT2D eigenvalue weighted by Crippen LogP contribution is 2.12. The summed E-state index contributed by atoms with van der Waals surface area (Å²) in [6.07, 6.45) is 0.0228. The molecule has 0 bridgehead atoms. The van der Waals surface area contributed by atoms with Crippen LogP contribution in [0.25, 0.3) is 0 Å². The van der Waals surface area contributed by atoms with Crippen molar-refractivity contribution in [2.24, 2.45) is 11.7 Å². The number of hydrogen-bond donors (Lipinski definition) is 6. The minimum Gasteiger partial charge on any atom is -0.508 e. The largest absolute Gasteiger partial charge is 0.508 e. The summed E-state index contributed by atoms with van der Waals surface area (Å²) in [5.41, 5.74) is 6.91. The summed E-state index contributed by atoms with van der Waals surface area (Å²) in [7, 11) is 1.40. The fourth-order valence-corrected chi connectivity index (χ4v) is 3.97. The van der Waals surface area contributed by atoms with E-state index in [0.29, 0.717) is 5.56 Å². The van der Waals surface area contributed by atoms with Crippen molar-refractivity contribution in [1.29, 1.82) is 0 Å². The van der Waals surface area contributed by atoms with E-state index in [-0.39, 0.29) is 24.5 Å². The van der Waals surface area contributed by atoms with Crippen molar-refractivity contribution in [3.8, 4) is 5.75 Å². The van der Waals surface area contributed by atoms with Crippen LogP contribution in [0.3, 0.4) is 0 Å². The number of aliphatic carboxylic acids is 1. The van der Waals surface area contributed by atoms with Gasteiger partial charge in [-0.05, 0) is 36.1 Å². The number of carboxylic acids is 1. The van der Waals surface area contributed by atoms with Crippen LogP contribution in [0.4, 0.5) is 0 Å². The number of benzene rings is 2. The van der Waals surface area contributed by atoms with Gasteiger partial charge in [0.2, 0.25) is 23.6 Å². The number of nitrogens with zero attached hydrogens (tertiary/aromatic N) is 1. The molecule has 222 valence electrons. The van der Waals surface area contributed by atoms with E-state index < -0.39 is 60.3 Å². The van der Waals surface area contributed by atoms with Crippen molar-refractivity contribution in [2.75, 3.05) is 13.6 Å². The van der Waals surface area contributed by atoms with Crippen LogP contribution >= 0.6 is 0 Å². The summed E-state index contributed by atoms with van der Waals surface area (Å²) < 4.78 is 0. The summed E-state index contributed by atoms with van der Waals surface area (Å²) in [6.45, 7) is 4.57. The second-order valence-corrected chi connectivity index (χ2v) is 10.3. The summed E-state index contributed by atoms with van der Waals surface area (Å²) in [6, 6.07) is 10.6. The average Bonchev–Trinajstić information content (AvgIpc) is 2.91. The SMILES string of the molecule is CC(C)[C@H](NC(=O)[C@H](C)N)C(=O)N(C)CC(=O)N[C@@H](Cc1ccccc1)C(=O)N[C@@H](Cc1ccc(O)cc1)C(=O)O. The first-order valence-corrected chi connectivity index (χ1v) is 13.2. The molecular formula is C29H39N5O7. The third-order valence-electron chi connectivity index (χ3n) is 6.33. The van der Waals surface area contributed by atoms with Crippen molar-refractivity contribution in [3.05, 3.63) is 65.7 Å². The fraction of sp³-hybridized carbons (Fsp3) is 0.414. The molecule has 0 saturated carbocycles. The van der Waals surface area contributed by atoms with Crippen LogP contribution in [0.5, 0.6) is 5.75 Å². The minimum absolute atomic E-state index is 0.0229. The van der Waals surface area contributed by atoms with Crippen LogP contribution in [-0.2, 0) is 36.8 Å². The maximum absolute atomic E-state index is 13.3. The number of likely N-dealkylation sites (N-methyl/N-ethyl adjacent to an activating group) is 1. The molecule has 2 aromatic rings. The van der Waals surface area contributed by atoms with Gasteiger partial charge in [-0.3, -0.25) is 19.2 Å². The van der Waals surface area contributed by atoms with Crippen molar-refractivity contribution in [1.82, 2.24) is 20.9 Å². The van der Waals surface area contributed by atoms with E-state index in [1.807, 2.05) is 0 Å². The number of carbonyl (C=O) groups excluding carboxylic acids is 4. The zero-order valence-corrected chi connectivity index (χ0v) is 23.7. The Morgan fingerprint density at radius 3 is 1.90 bits per heavy atom. The Morgan fingerprint density at radius 1 is 0.805 bits per heavy atom. The molecule has 0 fully saturated rings. The fourth-order valence-electron chi connectivity index (χ4n) is 3.97. The Labute approximate surface area is 239 Å². The predicted molar refractivity (Wildman–Crippen MR) is 152 cm³/mol. The molecule has 0 aliphatic rings. The van der Waals surface area contributed by atoms with Crippen LogP contribution in [0.15, 0.2) is 54.6 Å². The van der Waals surface area contributed by atoms with E-state index in [1.54, 1.807) is 56.3 Å². The topological polar surface area (TPSA) is 191 Å². The van der Waals surface area contributed by atoms with Crippen molar-refractivity contribution in [2.45, 2.75) is 57.8 Å². The van der Waals surface area contributed by atoms with Gasteiger partial charge in [-0.15, -0.1) is 0 Å². The molecule has 12 heteroatoms. The number of rotatable bonds is 14. The number of hydrogen-bond acceptors (Lipinski definition) is 7. The minimum atomic E-state index is -1.30. The summed E-state index contributed by atoms with van der Waals surface area (Å²) in [5, 5.41) is 26.9. The van der Waals surface area contributed by atoms with E-state index in [4.69, 9.17) is 5.73 Å². The lowest BCUT2D eigenvalue weighted by atomic mass is 10.0. The zero-order chi connectivity index (χ0) is 30.7. The molecule has 0 unspecified atom stereocenters. The molecule has 4 amide bonds. The van der Waals surface area contributed by atoms with E-state index in [9.17, 15) is 34.2 Å². The zero-order valence-electron chi connectivity index (χ0n) is 23.7. The molecule has 7 N–H and O–H groups in total. The number of carbonyl (C=O) groups is 5. The summed E-state index contributed by atoms with van der Waals surface area (Å²) >= 11 is 0. The lowest BCUT2D eigenvalue weighted by Gasteiger charge is -2.28. The van der Waals surface area contributed by atoms with Gasteiger partial charge in [-0.1, -0.05) is 56.3 Å². The summed E-state index contributed by atoms with van der Waals surface area (Å²) in [5.74, 6) is -3.91. The van der Waals surface area contributed by atoms with Gasteiger partial charge in [-0.25, -0.2) is 4.79 Å². The van der Waals surface area contributed by atoms with Gasteiger partial charge < -0.3 is 36.8 Å². The van der Waals surface area contributed by atoms with Crippen molar-refractivity contribution >= 4 is 29.6 Å². The van der Waals surface area contributed by atoms with E-state index in [0.717, 1.165) is 10.5 Å². The van der Waals surface area contributed by atoms with Gasteiger partial charge >= 0.3 is 5.97 Å². The van der Waals surface area contributed by atoms with Crippen LogP contribution in [0.1, 0.15) is 31.9 Å². The third-order valence-corrected chi connectivity index (χ3v) is 6.33. The number of phenols is 1. The maximum atomic E-state index is 13.3. The highest BCUT2D eigenvalue weighted by Gasteiger charge is 2.31. The molecule has 2 rings (SSSR count).